The Morgan fingerprint density at radius 3 is 2.44 bits per heavy atom. The van der Waals surface area contributed by atoms with Crippen molar-refractivity contribution in [1.29, 1.82) is 0 Å². The van der Waals surface area contributed by atoms with Crippen LogP contribution in [-0.4, -0.2) is 41.5 Å². The van der Waals surface area contributed by atoms with E-state index in [1.54, 1.807) is 0 Å². The molecule has 0 saturated carbocycles. The van der Waals surface area contributed by atoms with Crippen LogP contribution < -0.4 is 5.32 Å². The van der Waals surface area contributed by atoms with Crippen molar-refractivity contribution in [3.05, 3.63) is 0 Å². The summed E-state index contributed by atoms with van der Waals surface area (Å²) in [5, 5.41) is 19.8. The Balaban J connectivity index is 3.68. The van der Waals surface area contributed by atoms with Gasteiger partial charge in [-0.05, 0) is 6.42 Å². The quantitative estimate of drug-likeness (QED) is 0.329. The summed E-state index contributed by atoms with van der Waals surface area (Å²) in [5.74, 6) is -0.584. The zero-order valence-corrected chi connectivity index (χ0v) is 11.2. The Kier molecular flexibility index (Phi) is 7.54. The molecule has 0 unspecified atom stereocenters. The van der Waals surface area contributed by atoms with Gasteiger partial charge in [0.05, 0.1) is 13.0 Å². The lowest BCUT2D eigenvalue weighted by Crippen LogP contribution is -2.38. The van der Waals surface area contributed by atoms with Crippen LogP contribution in [0.3, 0.4) is 0 Å². The van der Waals surface area contributed by atoms with Crippen LogP contribution in [0.25, 0.3) is 0 Å². The van der Waals surface area contributed by atoms with Gasteiger partial charge < -0.3 is 20.3 Å². The van der Waals surface area contributed by atoms with Crippen LogP contribution in [0.4, 0.5) is 0 Å². The first-order valence-corrected chi connectivity index (χ1v) is 6.09. The minimum absolute atomic E-state index is 0.0476. The molecule has 6 heteroatoms. The highest BCUT2D eigenvalue weighted by Gasteiger charge is 2.24. The first-order chi connectivity index (χ1) is 8.29. The smallest absolute Gasteiger partial charge is 0.306 e. The first-order valence-electron chi connectivity index (χ1n) is 6.09. The summed E-state index contributed by atoms with van der Waals surface area (Å²) in [4.78, 5) is 22.7. The Morgan fingerprint density at radius 1 is 1.33 bits per heavy atom. The van der Waals surface area contributed by atoms with Crippen LogP contribution in [-0.2, 0) is 14.3 Å². The highest BCUT2D eigenvalue weighted by atomic mass is 16.5. The SMILES string of the molecule is CCC(C)(C)C(=O)NCCOC(=O)CCC(O)O. The summed E-state index contributed by atoms with van der Waals surface area (Å²) in [7, 11) is 0. The molecule has 0 radical (unpaired) electrons. The molecule has 0 aliphatic carbocycles. The molecule has 0 heterocycles. The Bertz CT molecular complexity index is 276. The largest absolute Gasteiger partial charge is 0.464 e. The third-order valence-electron chi connectivity index (χ3n) is 2.76. The number of rotatable bonds is 8. The third kappa shape index (κ3) is 7.24. The maximum Gasteiger partial charge on any atom is 0.306 e. The molecule has 0 saturated heterocycles. The number of carbonyl (C=O) groups is 2. The van der Waals surface area contributed by atoms with Crippen LogP contribution >= 0.6 is 0 Å². The second-order valence-corrected chi connectivity index (χ2v) is 4.73. The number of amides is 1. The fourth-order valence-electron chi connectivity index (χ4n) is 1.05. The van der Waals surface area contributed by atoms with Crippen molar-refractivity contribution in [2.45, 2.75) is 46.3 Å². The summed E-state index contributed by atoms with van der Waals surface area (Å²) >= 11 is 0. The number of aliphatic hydroxyl groups excluding tert-OH is 1. The summed E-state index contributed by atoms with van der Waals surface area (Å²) in [6.07, 6.45) is -0.866. The van der Waals surface area contributed by atoms with Crippen molar-refractivity contribution >= 4 is 11.9 Å². The lowest BCUT2D eigenvalue weighted by molar-refractivity contribution is -0.146. The number of hydrogen-bond donors (Lipinski definition) is 3. The van der Waals surface area contributed by atoms with Gasteiger partial charge in [0.1, 0.15) is 6.61 Å². The van der Waals surface area contributed by atoms with Crippen molar-refractivity contribution in [2.75, 3.05) is 13.2 Å². The minimum Gasteiger partial charge on any atom is -0.464 e. The highest BCUT2D eigenvalue weighted by molar-refractivity contribution is 5.81. The maximum atomic E-state index is 11.6. The average molecular weight is 261 g/mol. The van der Waals surface area contributed by atoms with Crippen LogP contribution in [0, 0.1) is 5.41 Å². The molecule has 106 valence electrons. The molecule has 0 rings (SSSR count). The lowest BCUT2D eigenvalue weighted by atomic mass is 9.89. The van der Waals surface area contributed by atoms with Gasteiger partial charge in [-0.25, -0.2) is 0 Å². The van der Waals surface area contributed by atoms with E-state index >= 15 is 0 Å². The number of esters is 1. The molecule has 0 aromatic heterocycles. The van der Waals surface area contributed by atoms with Gasteiger partial charge in [0.15, 0.2) is 6.29 Å². The van der Waals surface area contributed by atoms with Gasteiger partial charge in [-0.1, -0.05) is 20.8 Å². The van der Waals surface area contributed by atoms with Gasteiger partial charge in [0.25, 0.3) is 0 Å². The number of nitrogens with one attached hydrogen (secondary N) is 1. The molecule has 0 bridgehead atoms. The fraction of sp³-hybridized carbons (Fsp3) is 0.833. The fourth-order valence-corrected chi connectivity index (χ4v) is 1.05. The summed E-state index contributed by atoms with van der Waals surface area (Å²) < 4.78 is 4.81. The molecular weight excluding hydrogens is 238 g/mol. The van der Waals surface area contributed by atoms with E-state index in [1.165, 1.54) is 0 Å². The molecule has 0 spiro atoms. The summed E-state index contributed by atoms with van der Waals surface area (Å²) in [6.45, 7) is 5.97. The molecule has 6 nitrogen and oxygen atoms in total. The van der Waals surface area contributed by atoms with E-state index in [-0.39, 0.29) is 31.9 Å². The summed E-state index contributed by atoms with van der Waals surface area (Å²) in [6, 6.07) is 0. The van der Waals surface area contributed by atoms with Gasteiger partial charge in [-0.15, -0.1) is 0 Å². The maximum absolute atomic E-state index is 11.6. The predicted octanol–water partition coefficient (Wildman–Crippen LogP) is 0.173. The van der Waals surface area contributed by atoms with Crippen LogP contribution in [0.2, 0.25) is 0 Å². The second-order valence-electron chi connectivity index (χ2n) is 4.73. The van der Waals surface area contributed by atoms with Gasteiger partial charge in [-0.2, -0.15) is 0 Å². The minimum atomic E-state index is -1.50. The number of aliphatic hydroxyl groups is 2. The molecule has 0 aliphatic heterocycles. The second kappa shape index (κ2) is 8.05. The van der Waals surface area contributed by atoms with Crippen molar-refractivity contribution in [3.63, 3.8) is 0 Å². The van der Waals surface area contributed by atoms with Gasteiger partial charge in [-0.3, -0.25) is 9.59 Å². The van der Waals surface area contributed by atoms with Crippen LogP contribution in [0.5, 0.6) is 0 Å². The van der Waals surface area contributed by atoms with E-state index < -0.39 is 17.7 Å². The molecule has 3 N–H and O–H groups in total. The standard InChI is InChI=1S/C12H23NO5/c1-4-12(2,3)11(17)13-7-8-18-10(16)6-5-9(14)15/h9,14-15H,4-8H2,1-3H3,(H,13,17). The van der Waals surface area contributed by atoms with E-state index in [0.717, 1.165) is 6.42 Å². The highest BCUT2D eigenvalue weighted by Crippen LogP contribution is 2.18. The van der Waals surface area contributed by atoms with Crippen molar-refractivity contribution < 1.29 is 24.5 Å². The normalized spacial score (nSPS) is 11.4. The Labute approximate surface area is 107 Å². The van der Waals surface area contributed by atoms with Crippen molar-refractivity contribution in [3.8, 4) is 0 Å². The molecule has 0 aliphatic rings. The zero-order valence-electron chi connectivity index (χ0n) is 11.2. The molecule has 0 fully saturated rings. The van der Waals surface area contributed by atoms with Gasteiger partial charge in [0, 0.05) is 11.8 Å². The van der Waals surface area contributed by atoms with Crippen molar-refractivity contribution in [2.24, 2.45) is 5.41 Å². The van der Waals surface area contributed by atoms with E-state index in [0.29, 0.717) is 0 Å². The van der Waals surface area contributed by atoms with E-state index in [1.807, 2.05) is 20.8 Å². The molecule has 0 aromatic rings. The van der Waals surface area contributed by atoms with Crippen LogP contribution in [0.1, 0.15) is 40.0 Å². The third-order valence-corrected chi connectivity index (χ3v) is 2.76. The lowest BCUT2D eigenvalue weighted by Gasteiger charge is -2.21. The molecular formula is C12H23NO5. The molecule has 18 heavy (non-hydrogen) atoms. The first kappa shape index (κ1) is 16.9. The number of carbonyl (C=O) groups excluding carboxylic acids is 2. The predicted molar refractivity (Wildman–Crippen MR) is 65.5 cm³/mol. The number of hydrogen-bond acceptors (Lipinski definition) is 5. The summed E-state index contributed by atoms with van der Waals surface area (Å²) in [5.41, 5.74) is -0.426. The van der Waals surface area contributed by atoms with Gasteiger partial charge in [0.2, 0.25) is 5.91 Å². The topological polar surface area (TPSA) is 95.9 Å². The van der Waals surface area contributed by atoms with Gasteiger partial charge >= 0.3 is 5.97 Å². The van der Waals surface area contributed by atoms with Crippen LogP contribution in [0.15, 0.2) is 0 Å². The molecule has 1 amide bonds. The Hall–Kier alpha value is -1.14. The molecule has 0 aromatic carbocycles. The van der Waals surface area contributed by atoms with E-state index in [2.05, 4.69) is 5.32 Å². The van der Waals surface area contributed by atoms with E-state index in [9.17, 15) is 9.59 Å². The number of ether oxygens (including phenoxy) is 1. The van der Waals surface area contributed by atoms with Crippen molar-refractivity contribution in [1.82, 2.24) is 5.32 Å². The molecule has 0 atom stereocenters. The Morgan fingerprint density at radius 2 is 1.94 bits per heavy atom. The average Bonchev–Trinajstić information content (AvgIpc) is 2.31. The monoisotopic (exact) mass is 261 g/mol. The zero-order chi connectivity index (χ0) is 14.2. The van der Waals surface area contributed by atoms with E-state index in [4.69, 9.17) is 14.9 Å².